The van der Waals surface area contributed by atoms with Crippen molar-refractivity contribution in [2.24, 2.45) is 0 Å². The number of hydrogen-bond donors (Lipinski definition) is 1. The number of carbonyl (C=O) groups is 1. The van der Waals surface area contributed by atoms with Crippen LogP contribution in [0.5, 0.6) is 0 Å². The summed E-state index contributed by atoms with van der Waals surface area (Å²) in [6.45, 7) is 3.78. The van der Waals surface area contributed by atoms with E-state index in [2.05, 4.69) is 15.3 Å². The molecule has 1 aromatic carbocycles. The lowest BCUT2D eigenvalue weighted by molar-refractivity contribution is 0.102. The zero-order valence-corrected chi connectivity index (χ0v) is 13.3. The van der Waals surface area contributed by atoms with Crippen molar-refractivity contribution in [1.29, 1.82) is 0 Å². The monoisotopic (exact) mass is 325 g/mol. The van der Waals surface area contributed by atoms with Crippen molar-refractivity contribution < 1.29 is 13.6 Å². The van der Waals surface area contributed by atoms with Crippen molar-refractivity contribution in [3.8, 4) is 11.3 Å². The molecule has 0 saturated heterocycles. The van der Waals surface area contributed by atoms with Crippen LogP contribution in [0.4, 0.5) is 10.2 Å². The van der Waals surface area contributed by atoms with Crippen LogP contribution in [0.15, 0.2) is 47.0 Å². The number of pyridine rings is 1. The zero-order valence-electron chi connectivity index (χ0n) is 13.3. The first kappa shape index (κ1) is 15.9. The Bertz CT molecular complexity index is 872. The van der Waals surface area contributed by atoms with Crippen LogP contribution >= 0.6 is 0 Å². The van der Waals surface area contributed by atoms with Crippen LogP contribution in [0.25, 0.3) is 11.3 Å². The van der Waals surface area contributed by atoms with Crippen molar-refractivity contribution in [2.45, 2.75) is 20.3 Å². The number of nitrogens with zero attached hydrogens (tertiary/aromatic N) is 2. The molecule has 122 valence electrons. The minimum absolute atomic E-state index is 0.0243. The fourth-order valence-electron chi connectivity index (χ4n) is 2.37. The Morgan fingerprint density at radius 3 is 2.71 bits per heavy atom. The van der Waals surface area contributed by atoms with Crippen LogP contribution in [0.2, 0.25) is 0 Å². The van der Waals surface area contributed by atoms with Gasteiger partial charge in [0, 0.05) is 25.1 Å². The molecule has 2 aromatic heterocycles. The third kappa shape index (κ3) is 3.17. The Morgan fingerprint density at radius 1 is 1.25 bits per heavy atom. The van der Waals surface area contributed by atoms with Crippen molar-refractivity contribution in [3.63, 3.8) is 0 Å². The minimum atomic E-state index is -0.572. The Balaban J connectivity index is 1.80. The van der Waals surface area contributed by atoms with E-state index >= 15 is 0 Å². The number of halogens is 1. The third-order valence-electron chi connectivity index (χ3n) is 3.52. The minimum Gasteiger partial charge on any atom is -0.445 e. The molecule has 3 rings (SSSR count). The van der Waals surface area contributed by atoms with Crippen molar-refractivity contribution in [2.75, 3.05) is 5.32 Å². The van der Waals surface area contributed by atoms with Crippen LogP contribution in [-0.2, 0) is 6.42 Å². The number of rotatable bonds is 4. The van der Waals surface area contributed by atoms with E-state index in [1.54, 1.807) is 31.3 Å². The third-order valence-corrected chi connectivity index (χ3v) is 3.52. The molecule has 1 N–H and O–H groups in total. The van der Waals surface area contributed by atoms with Gasteiger partial charge in [0.1, 0.15) is 23.1 Å². The predicted molar refractivity (Wildman–Crippen MR) is 88.2 cm³/mol. The quantitative estimate of drug-likeness (QED) is 0.787. The smallest absolute Gasteiger partial charge is 0.259 e. The van der Waals surface area contributed by atoms with E-state index in [0.29, 0.717) is 11.7 Å². The highest BCUT2D eigenvalue weighted by atomic mass is 19.1. The molecule has 5 nitrogen and oxygen atoms in total. The number of oxazole rings is 1. The summed E-state index contributed by atoms with van der Waals surface area (Å²) >= 11 is 0. The first-order valence-corrected chi connectivity index (χ1v) is 7.57. The van der Waals surface area contributed by atoms with E-state index in [1.165, 1.54) is 18.2 Å². The Kier molecular flexibility index (Phi) is 4.37. The maximum Gasteiger partial charge on any atom is 0.259 e. The average molecular weight is 325 g/mol. The maximum atomic E-state index is 13.6. The summed E-state index contributed by atoms with van der Waals surface area (Å²) in [6.07, 6.45) is 2.33. The van der Waals surface area contributed by atoms with Gasteiger partial charge in [0.2, 0.25) is 0 Å². The second kappa shape index (κ2) is 6.62. The van der Waals surface area contributed by atoms with Crippen LogP contribution in [0.1, 0.15) is 28.9 Å². The molecule has 0 aliphatic heterocycles. The number of anilines is 1. The number of nitrogens with one attached hydrogen (secondary N) is 1. The van der Waals surface area contributed by atoms with Gasteiger partial charge in [-0.1, -0.05) is 19.1 Å². The van der Waals surface area contributed by atoms with Crippen molar-refractivity contribution >= 4 is 11.7 Å². The molecular formula is C18H16FN3O2. The van der Waals surface area contributed by atoms with E-state index in [4.69, 9.17) is 4.42 Å². The second-order valence-corrected chi connectivity index (χ2v) is 5.22. The fourth-order valence-corrected chi connectivity index (χ4v) is 2.37. The van der Waals surface area contributed by atoms with Crippen LogP contribution < -0.4 is 5.32 Å². The largest absolute Gasteiger partial charge is 0.445 e. The molecule has 0 spiro atoms. The summed E-state index contributed by atoms with van der Waals surface area (Å²) in [7, 11) is 0. The molecule has 0 bridgehead atoms. The highest BCUT2D eigenvalue weighted by molar-refractivity contribution is 6.03. The van der Waals surface area contributed by atoms with E-state index in [1.807, 2.05) is 6.92 Å². The van der Waals surface area contributed by atoms with Gasteiger partial charge < -0.3 is 9.73 Å². The van der Waals surface area contributed by atoms with Crippen LogP contribution in [-0.4, -0.2) is 15.9 Å². The van der Waals surface area contributed by atoms with Gasteiger partial charge in [-0.15, -0.1) is 0 Å². The summed E-state index contributed by atoms with van der Waals surface area (Å²) < 4.78 is 19.1. The van der Waals surface area contributed by atoms with Gasteiger partial charge in [-0.25, -0.2) is 14.4 Å². The van der Waals surface area contributed by atoms with E-state index in [9.17, 15) is 9.18 Å². The molecule has 0 radical (unpaired) electrons. The van der Waals surface area contributed by atoms with Gasteiger partial charge >= 0.3 is 0 Å². The van der Waals surface area contributed by atoms with E-state index in [0.717, 1.165) is 23.4 Å². The second-order valence-electron chi connectivity index (χ2n) is 5.22. The number of aromatic nitrogens is 2. The van der Waals surface area contributed by atoms with E-state index in [-0.39, 0.29) is 5.56 Å². The van der Waals surface area contributed by atoms with Gasteiger partial charge in [-0.05, 0) is 24.3 Å². The number of amides is 1. The summed E-state index contributed by atoms with van der Waals surface area (Å²) in [4.78, 5) is 20.6. The molecule has 2 heterocycles. The fraction of sp³-hybridized carbons (Fsp3) is 0.167. The summed E-state index contributed by atoms with van der Waals surface area (Å²) in [5, 5.41) is 2.58. The first-order chi connectivity index (χ1) is 11.6. The van der Waals surface area contributed by atoms with Gasteiger partial charge in [-0.3, -0.25) is 4.79 Å². The Morgan fingerprint density at radius 2 is 2.04 bits per heavy atom. The molecular weight excluding hydrogens is 309 g/mol. The maximum absolute atomic E-state index is 13.6. The lowest BCUT2D eigenvalue weighted by Gasteiger charge is -2.06. The number of aryl methyl sites for hydroxylation is 2. The van der Waals surface area contributed by atoms with Gasteiger partial charge in [-0.2, -0.15) is 0 Å². The van der Waals surface area contributed by atoms with Crippen molar-refractivity contribution in [1.82, 2.24) is 9.97 Å². The van der Waals surface area contributed by atoms with Gasteiger partial charge in [0.25, 0.3) is 5.91 Å². The van der Waals surface area contributed by atoms with Crippen LogP contribution in [0.3, 0.4) is 0 Å². The molecule has 0 fully saturated rings. The van der Waals surface area contributed by atoms with Gasteiger partial charge in [0.15, 0.2) is 5.89 Å². The first-order valence-electron chi connectivity index (χ1n) is 7.57. The van der Waals surface area contributed by atoms with Gasteiger partial charge in [0.05, 0.1) is 5.56 Å². The highest BCUT2D eigenvalue weighted by Crippen LogP contribution is 2.24. The molecule has 0 saturated carbocycles. The molecule has 24 heavy (non-hydrogen) atoms. The highest BCUT2D eigenvalue weighted by Gasteiger charge is 2.14. The lowest BCUT2D eigenvalue weighted by atomic mass is 10.1. The average Bonchev–Trinajstić information content (AvgIpc) is 2.97. The Hall–Kier alpha value is -3.02. The SMILES string of the molecule is CCc1oc(C)nc1-c1ccc(NC(=O)c2ccccc2F)nc1. The molecule has 0 atom stereocenters. The zero-order chi connectivity index (χ0) is 17.1. The molecule has 3 aromatic rings. The molecule has 6 heteroatoms. The van der Waals surface area contributed by atoms with Crippen molar-refractivity contribution in [3.05, 3.63) is 65.6 Å². The van der Waals surface area contributed by atoms with Crippen LogP contribution in [0, 0.1) is 12.7 Å². The topological polar surface area (TPSA) is 68.0 Å². The number of carbonyl (C=O) groups excluding carboxylic acids is 1. The lowest BCUT2D eigenvalue weighted by Crippen LogP contribution is -2.14. The Labute approximate surface area is 138 Å². The normalized spacial score (nSPS) is 10.6. The standard InChI is InChI=1S/C18H16FN3O2/c1-3-15-17(21-11(2)24-15)12-8-9-16(20-10-12)22-18(23)13-6-4-5-7-14(13)19/h4-10H,3H2,1-2H3,(H,20,22,23). The summed E-state index contributed by atoms with van der Waals surface area (Å²) in [6, 6.07) is 9.24. The molecule has 0 unspecified atom stereocenters. The number of benzene rings is 1. The molecule has 0 aliphatic rings. The predicted octanol–water partition coefficient (Wildman–Crippen LogP) is 4.00. The summed E-state index contributed by atoms with van der Waals surface area (Å²) in [5.41, 5.74) is 1.52. The summed E-state index contributed by atoms with van der Waals surface area (Å²) in [5.74, 6) is 0.610. The molecule has 1 amide bonds. The number of hydrogen-bond acceptors (Lipinski definition) is 4. The van der Waals surface area contributed by atoms with E-state index < -0.39 is 11.7 Å². The molecule has 0 aliphatic carbocycles.